The van der Waals surface area contributed by atoms with Gasteiger partial charge in [0.2, 0.25) is 0 Å². The first-order valence-electron chi connectivity index (χ1n) is 8.26. The maximum absolute atomic E-state index is 6.17. The second kappa shape index (κ2) is 9.11. The summed E-state index contributed by atoms with van der Waals surface area (Å²) in [6.45, 7) is 10.2. The summed E-state index contributed by atoms with van der Waals surface area (Å²) in [5.41, 5.74) is 0.431. The number of hydrogen-bond acceptors (Lipinski definition) is 3. The van der Waals surface area contributed by atoms with E-state index in [0.717, 1.165) is 25.7 Å². The lowest BCUT2D eigenvalue weighted by Crippen LogP contribution is -2.61. The Morgan fingerprint density at radius 2 is 1.58 bits per heavy atom. The van der Waals surface area contributed by atoms with E-state index in [-0.39, 0.29) is 0 Å². The van der Waals surface area contributed by atoms with E-state index in [0.29, 0.717) is 11.7 Å². The molecule has 1 saturated carbocycles. The molecule has 0 aliphatic heterocycles. The Morgan fingerprint density at radius 1 is 1.00 bits per heavy atom. The standard InChI is InChI=1S/C15H33NO2Si/c1-5-15(16-14-12-10-9-11-13-14)19(8-4,17-6-2)18-7-3/h14-16H,5-13H2,1-4H3. The third-order valence-electron chi connectivity index (χ3n) is 4.25. The van der Waals surface area contributed by atoms with Crippen molar-refractivity contribution in [2.45, 2.75) is 84.0 Å². The van der Waals surface area contributed by atoms with E-state index in [9.17, 15) is 0 Å². The molecule has 19 heavy (non-hydrogen) atoms. The molecule has 1 N–H and O–H groups in total. The molecule has 3 nitrogen and oxygen atoms in total. The van der Waals surface area contributed by atoms with E-state index in [1.807, 2.05) is 0 Å². The number of hydrogen-bond donors (Lipinski definition) is 1. The van der Waals surface area contributed by atoms with Crippen LogP contribution in [0.1, 0.15) is 66.2 Å². The highest BCUT2D eigenvalue weighted by Gasteiger charge is 2.44. The molecule has 0 aromatic rings. The molecule has 0 saturated heterocycles. The molecule has 1 unspecified atom stereocenters. The normalized spacial score (nSPS) is 19.6. The Labute approximate surface area is 120 Å². The average Bonchev–Trinajstić information content (AvgIpc) is 2.45. The fourth-order valence-corrected chi connectivity index (χ4v) is 6.77. The maximum Gasteiger partial charge on any atom is 0.355 e. The Morgan fingerprint density at radius 3 is 2.00 bits per heavy atom. The van der Waals surface area contributed by atoms with Gasteiger partial charge in [-0.2, -0.15) is 0 Å². The maximum atomic E-state index is 6.17. The zero-order valence-electron chi connectivity index (χ0n) is 13.3. The molecule has 0 bridgehead atoms. The van der Waals surface area contributed by atoms with Crippen molar-refractivity contribution in [3.05, 3.63) is 0 Å². The van der Waals surface area contributed by atoms with Crippen LogP contribution in [0.4, 0.5) is 0 Å². The lowest BCUT2D eigenvalue weighted by atomic mass is 9.95. The van der Waals surface area contributed by atoms with Crippen molar-refractivity contribution in [3.8, 4) is 0 Å². The van der Waals surface area contributed by atoms with Crippen molar-refractivity contribution in [2.24, 2.45) is 0 Å². The van der Waals surface area contributed by atoms with Gasteiger partial charge in [0.15, 0.2) is 0 Å². The molecule has 0 aromatic heterocycles. The molecule has 1 atom stereocenters. The Bertz CT molecular complexity index is 226. The van der Waals surface area contributed by atoms with Gasteiger partial charge >= 0.3 is 8.56 Å². The minimum Gasteiger partial charge on any atom is -0.394 e. The highest BCUT2D eigenvalue weighted by molar-refractivity contribution is 6.69. The van der Waals surface area contributed by atoms with E-state index in [1.54, 1.807) is 0 Å². The third-order valence-corrected chi connectivity index (χ3v) is 8.43. The predicted octanol–water partition coefficient (Wildman–Crippen LogP) is 3.76. The minimum atomic E-state index is -2.09. The topological polar surface area (TPSA) is 30.5 Å². The van der Waals surface area contributed by atoms with E-state index in [2.05, 4.69) is 33.0 Å². The van der Waals surface area contributed by atoms with E-state index in [4.69, 9.17) is 8.85 Å². The van der Waals surface area contributed by atoms with E-state index in [1.165, 1.54) is 32.1 Å². The molecule has 0 spiro atoms. The Balaban J connectivity index is 2.69. The predicted molar refractivity (Wildman–Crippen MR) is 83.6 cm³/mol. The Hall–Kier alpha value is 0.0969. The van der Waals surface area contributed by atoms with Gasteiger partial charge in [0.25, 0.3) is 0 Å². The van der Waals surface area contributed by atoms with Gasteiger partial charge in [-0.3, -0.25) is 0 Å². The zero-order chi connectivity index (χ0) is 14.1. The van der Waals surface area contributed by atoms with Crippen molar-refractivity contribution in [2.75, 3.05) is 13.2 Å². The van der Waals surface area contributed by atoms with Gasteiger partial charge in [-0.25, -0.2) is 0 Å². The molecular formula is C15H33NO2Si. The quantitative estimate of drug-likeness (QED) is 0.655. The van der Waals surface area contributed by atoms with Gasteiger partial charge < -0.3 is 14.2 Å². The molecule has 0 heterocycles. The van der Waals surface area contributed by atoms with Crippen molar-refractivity contribution in [1.82, 2.24) is 5.32 Å². The van der Waals surface area contributed by atoms with Crippen LogP contribution < -0.4 is 5.32 Å². The smallest absolute Gasteiger partial charge is 0.355 e. The highest BCUT2D eigenvalue weighted by atomic mass is 28.4. The summed E-state index contributed by atoms with van der Waals surface area (Å²) in [5.74, 6) is 0. The molecule has 4 heteroatoms. The Kier molecular flexibility index (Phi) is 8.22. The molecule has 1 rings (SSSR count). The van der Waals surface area contributed by atoms with Crippen LogP contribution in [0.25, 0.3) is 0 Å². The summed E-state index contributed by atoms with van der Waals surface area (Å²) in [7, 11) is -2.09. The van der Waals surface area contributed by atoms with Gasteiger partial charge in [-0.1, -0.05) is 33.1 Å². The lowest BCUT2D eigenvalue weighted by molar-refractivity contribution is 0.162. The summed E-state index contributed by atoms with van der Waals surface area (Å²) >= 11 is 0. The molecular weight excluding hydrogens is 254 g/mol. The van der Waals surface area contributed by atoms with Crippen LogP contribution in [0.2, 0.25) is 6.04 Å². The van der Waals surface area contributed by atoms with Crippen LogP contribution in [0, 0.1) is 0 Å². The highest BCUT2D eigenvalue weighted by Crippen LogP contribution is 2.24. The van der Waals surface area contributed by atoms with Crippen LogP contribution in [0.15, 0.2) is 0 Å². The number of rotatable bonds is 9. The second-order valence-corrected chi connectivity index (χ2v) is 9.10. The average molecular weight is 288 g/mol. The van der Waals surface area contributed by atoms with Gasteiger partial charge in [0.1, 0.15) is 0 Å². The van der Waals surface area contributed by atoms with Crippen LogP contribution >= 0.6 is 0 Å². The monoisotopic (exact) mass is 287 g/mol. The number of nitrogens with one attached hydrogen (secondary N) is 1. The second-order valence-electron chi connectivity index (χ2n) is 5.49. The van der Waals surface area contributed by atoms with Crippen molar-refractivity contribution in [3.63, 3.8) is 0 Å². The van der Waals surface area contributed by atoms with Crippen LogP contribution in [0.3, 0.4) is 0 Å². The van der Waals surface area contributed by atoms with Gasteiger partial charge in [-0.05, 0) is 39.2 Å². The van der Waals surface area contributed by atoms with Crippen LogP contribution in [0.5, 0.6) is 0 Å². The zero-order valence-corrected chi connectivity index (χ0v) is 14.3. The molecule has 0 radical (unpaired) electrons. The van der Waals surface area contributed by atoms with Crippen molar-refractivity contribution in [1.29, 1.82) is 0 Å². The molecule has 1 aliphatic carbocycles. The molecule has 1 aliphatic rings. The fraction of sp³-hybridized carbons (Fsp3) is 1.00. The minimum absolute atomic E-state index is 0.431. The summed E-state index contributed by atoms with van der Waals surface area (Å²) in [6, 6.07) is 1.71. The molecule has 114 valence electrons. The molecule has 0 aromatic carbocycles. The summed E-state index contributed by atoms with van der Waals surface area (Å²) in [4.78, 5) is 0. The van der Waals surface area contributed by atoms with E-state index < -0.39 is 8.56 Å². The SMILES string of the molecule is CCO[Si](CC)(OCC)C(CC)NC1CCCCC1. The first-order chi connectivity index (χ1) is 9.22. The summed E-state index contributed by atoms with van der Waals surface area (Å²) in [6.07, 6.45) is 7.90. The third kappa shape index (κ3) is 4.85. The molecule has 1 fully saturated rings. The van der Waals surface area contributed by atoms with Gasteiger partial charge in [0.05, 0.1) is 5.67 Å². The van der Waals surface area contributed by atoms with Crippen molar-refractivity contribution < 1.29 is 8.85 Å². The first kappa shape index (κ1) is 17.1. The fourth-order valence-electron chi connectivity index (χ4n) is 3.29. The van der Waals surface area contributed by atoms with E-state index >= 15 is 0 Å². The van der Waals surface area contributed by atoms with Crippen molar-refractivity contribution >= 4 is 8.56 Å². The first-order valence-corrected chi connectivity index (χ1v) is 10.4. The van der Waals surface area contributed by atoms with Gasteiger partial charge in [-0.15, -0.1) is 0 Å². The van der Waals surface area contributed by atoms with Crippen LogP contribution in [-0.2, 0) is 8.85 Å². The molecule has 0 amide bonds. The van der Waals surface area contributed by atoms with Crippen LogP contribution in [-0.4, -0.2) is 33.5 Å². The van der Waals surface area contributed by atoms with Gasteiger partial charge in [0, 0.05) is 19.3 Å². The summed E-state index contributed by atoms with van der Waals surface area (Å²) in [5, 5.41) is 3.88. The lowest BCUT2D eigenvalue weighted by Gasteiger charge is -2.39. The largest absolute Gasteiger partial charge is 0.394 e. The summed E-state index contributed by atoms with van der Waals surface area (Å²) < 4.78 is 12.3.